The number of rotatable bonds is 7. The van der Waals surface area contributed by atoms with Crippen molar-refractivity contribution in [3.63, 3.8) is 0 Å². The van der Waals surface area contributed by atoms with Gasteiger partial charge in [0.2, 0.25) is 0 Å². The van der Waals surface area contributed by atoms with Crippen LogP contribution in [-0.2, 0) is 0 Å². The monoisotopic (exact) mass is 462 g/mol. The molecule has 1 aliphatic heterocycles. The fourth-order valence-electron chi connectivity index (χ4n) is 4.30. The number of fused-ring (bicyclic) bond motifs is 1. The molecule has 0 unspecified atom stereocenters. The molecular weight excluding hydrogens is 436 g/mol. The van der Waals surface area contributed by atoms with Crippen LogP contribution in [0.5, 0.6) is 0 Å². The van der Waals surface area contributed by atoms with Gasteiger partial charge in [-0.3, -0.25) is 9.55 Å². The molecule has 3 aromatic heterocycles. The molecule has 32 heavy (non-hydrogen) atoms. The van der Waals surface area contributed by atoms with Gasteiger partial charge in [-0.15, -0.1) is 0 Å². The third kappa shape index (κ3) is 4.01. The van der Waals surface area contributed by atoms with Crippen molar-refractivity contribution in [1.82, 2.24) is 29.7 Å². The number of pyridine rings is 1. The lowest BCUT2D eigenvalue weighted by Gasteiger charge is -2.28. The minimum absolute atomic E-state index is 0.0221. The molecule has 0 radical (unpaired) electrons. The zero-order valence-corrected chi connectivity index (χ0v) is 19.8. The Balaban J connectivity index is 1.55. The van der Waals surface area contributed by atoms with Crippen LogP contribution in [0.25, 0.3) is 15.3 Å². The number of thiocarbonyl (C=S) groups is 1. The van der Waals surface area contributed by atoms with E-state index in [2.05, 4.69) is 81.4 Å². The van der Waals surface area contributed by atoms with Crippen molar-refractivity contribution in [2.45, 2.75) is 18.5 Å². The Hall–Kier alpha value is -2.81. The maximum atomic E-state index is 5.81. The zero-order chi connectivity index (χ0) is 22.1. The highest BCUT2D eigenvalue weighted by Gasteiger charge is 2.41. The van der Waals surface area contributed by atoms with E-state index in [1.807, 2.05) is 24.4 Å². The van der Waals surface area contributed by atoms with E-state index in [0.29, 0.717) is 0 Å². The number of aromatic nitrogens is 3. The minimum Gasteiger partial charge on any atom is -0.352 e. The van der Waals surface area contributed by atoms with E-state index in [0.717, 1.165) is 46.7 Å². The van der Waals surface area contributed by atoms with Crippen LogP contribution in [0.15, 0.2) is 67.0 Å². The van der Waals surface area contributed by atoms with E-state index < -0.39 is 0 Å². The molecule has 1 aromatic carbocycles. The first-order valence-corrected chi connectivity index (χ1v) is 12.0. The maximum absolute atomic E-state index is 5.81. The summed E-state index contributed by atoms with van der Waals surface area (Å²) in [6, 6.07) is 18.6. The van der Waals surface area contributed by atoms with Gasteiger partial charge < -0.3 is 15.1 Å². The second kappa shape index (κ2) is 8.97. The SMILES string of the molecule is CN(C)CCCN1C(=S)N[C@H](c2ccccn2)[C@H]1c1cccn1-c1nc2ccccc2s1. The van der Waals surface area contributed by atoms with Crippen LogP contribution < -0.4 is 5.32 Å². The molecule has 0 spiro atoms. The smallest absolute Gasteiger partial charge is 0.194 e. The van der Waals surface area contributed by atoms with Gasteiger partial charge in [-0.2, -0.15) is 0 Å². The van der Waals surface area contributed by atoms with Crippen molar-refractivity contribution in [3.8, 4) is 5.13 Å². The molecule has 164 valence electrons. The van der Waals surface area contributed by atoms with Crippen LogP contribution in [0.1, 0.15) is 29.9 Å². The van der Waals surface area contributed by atoms with Gasteiger partial charge in [-0.1, -0.05) is 29.5 Å². The Morgan fingerprint density at radius 2 is 1.94 bits per heavy atom. The summed E-state index contributed by atoms with van der Waals surface area (Å²) >= 11 is 7.52. The third-order valence-electron chi connectivity index (χ3n) is 5.77. The number of hydrogen-bond donors (Lipinski definition) is 1. The number of hydrogen-bond acceptors (Lipinski definition) is 5. The van der Waals surface area contributed by atoms with Gasteiger partial charge in [-0.05, 0) is 75.7 Å². The van der Waals surface area contributed by atoms with E-state index in [9.17, 15) is 0 Å². The molecule has 5 rings (SSSR count). The predicted molar refractivity (Wildman–Crippen MR) is 134 cm³/mol. The summed E-state index contributed by atoms with van der Waals surface area (Å²) in [7, 11) is 4.21. The topological polar surface area (TPSA) is 49.2 Å². The predicted octanol–water partition coefficient (Wildman–Crippen LogP) is 4.41. The quantitative estimate of drug-likeness (QED) is 0.411. The van der Waals surface area contributed by atoms with E-state index in [-0.39, 0.29) is 12.1 Å². The Bertz CT molecular complexity index is 1180. The lowest BCUT2D eigenvalue weighted by atomic mass is 10.0. The first-order valence-electron chi connectivity index (χ1n) is 10.8. The molecule has 1 saturated heterocycles. The Labute approximate surface area is 197 Å². The van der Waals surface area contributed by atoms with Gasteiger partial charge >= 0.3 is 0 Å². The molecule has 1 aliphatic rings. The number of benzene rings is 1. The van der Waals surface area contributed by atoms with Gasteiger partial charge in [0.1, 0.15) is 0 Å². The molecular formula is C24H26N6S2. The minimum atomic E-state index is -0.0221. The van der Waals surface area contributed by atoms with Crippen LogP contribution in [0, 0.1) is 0 Å². The van der Waals surface area contributed by atoms with Gasteiger partial charge in [-0.25, -0.2) is 4.98 Å². The fraction of sp³-hybridized carbons (Fsp3) is 0.292. The molecule has 1 N–H and O–H groups in total. The number of thiazole rings is 1. The van der Waals surface area contributed by atoms with Crippen LogP contribution in [0.4, 0.5) is 0 Å². The Kier molecular flexibility index (Phi) is 5.91. The van der Waals surface area contributed by atoms with Gasteiger partial charge in [0.15, 0.2) is 10.2 Å². The van der Waals surface area contributed by atoms with E-state index in [1.165, 1.54) is 4.70 Å². The zero-order valence-electron chi connectivity index (χ0n) is 18.2. The fourth-order valence-corrected chi connectivity index (χ4v) is 5.60. The van der Waals surface area contributed by atoms with Crippen molar-refractivity contribution in [2.75, 3.05) is 27.2 Å². The van der Waals surface area contributed by atoms with Gasteiger partial charge in [0.05, 0.1) is 33.7 Å². The lowest BCUT2D eigenvalue weighted by Crippen LogP contribution is -2.32. The molecule has 6 nitrogen and oxygen atoms in total. The number of nitrogens with one attached hydrogen (secondary N) is 1. The summed E-state index contributed by atoms with van der Waals surface area (Å²) in [6.45, 7) is 1.89. The van der Waals surface area contributed by atoms with Crippen LogP contribution in [0.3, 0.4) is 0 Å². The summed E-state index contributed by atoms with van der Waals surface area (Å²) in [5.74, 6) is 0. The average molecular weight is 463 g/mol. The maximum Gasteiger partial charge on any atom is 0.194 e. The highest BCUT2D eigenvalue weighted by atomic mass is 32.1. The summed E-state index contributed by atoms with van der Waals surface area (Å²) in [5.41, 5.74) is 3.18. The summed E-state index contributed by atoms with van der Waals surface area (Å²) in [5, 5.41) is 5.30. The molecule has 4 heterocycles. The van der Waals surface area contributed by atoms with Crippen molar-refractivity contribution in [3.05, 3.63) is 78.4 Å². The Morgan fingerprint density at radius 3 is 2.72 bits per heavy atom. The van der Waals surface area contributed by atoms with Crippen molar-refractivity contribution < 1.29 is 0 Å². The molecule has 0 saturated carbocycles. The highest BCUT2D eigenvalue weighted by Crippen LogP contribution is 2.40. The first-order chi connectivity index (χ1) is 15.6. The van der Waals surface area contributed by atoms with Crippen LogP contribution >= 0.6 is 23.6 Å². The molecule has 2 atom stereocenters. The molecule has 0 bridgehead atoms. The molecule has 1 fully saturated rings. The van der Waals surface area contributed by atoms with Crippen LogP contribution in [-0.4, -0.2) is 56.6 Å². The van der Waals surface area contributed by atoms with Crippen molar-refractivity contribution >= 4 is 38.9 Å². The van der Waals surface area contributed by atoms with E-state index in [1.54, 1.807) is 11.3 Å². The molecule has 0 aliphatic carbocycles. The standard InChI is InChI=1S/C24H26N6S2/c1-28(2)14-8-16-30-22(21(27-23(30)31)18-10-5-6-13-25-18)19-11-7-15-29(19)24-26-17-9-3-4-12-20(17)32-24/h3-7,9-13,15,21-22H,8,14,16H2,1-2H3,(H,27,31)/t21-,22-/m1/s1. The van der Waals surface area contributed by atoms with Crippen LogP contribution in [0.2, 0.25) is 0 Å². The summed E-state index contributed by atoms with van der Waals surface area (Å²) in [6.07, 6.45) is 4.97. The Morgan fingerprint density at radius 1 is 1.09 bits per heavy atom. The summed E-state index contributed by atoms with van der Waals surface area (Å²) in [4.78, 5) is 14.1. The number of nitrogens with zero attached hydrogens (tertiary/aromatic N) is 5. The first kappa shape index (κ1) is 21.1. The van der Waals surface area contributed by atoms with Gasteiger partial charge in [0.25, 0.3) is 0 Å². The lowest BCUT2D eigenvalue weighted by molar-refractivity contribution is 0.286. The molecule has 0 amide bonds. The van der Waals surface area contributed by atoms with Gasteiger partial charge in [0, 0.05) is 18.9 Å². The average Bonchev–Trinajstić information content (AvgIpc) is 3.51. The highest BCUT2D eigenvalue weighted by molar-refractivity contribution is 7.80. The van der Waals surface area contributed by atoms with Crippen molar-refractivity contribution in [1.29, 1.82) is 0 Å². The van der Waals surface area contributed by atoms with Crippen molar-refractivity contribution in [2.24, 2.45) is 0 Å². The molecule has 4 aromatic rings. The summed E-state index contributed by atoms with van der Waals surface area (Å²) < 4.78 is 3.39. The van der Waals surface area contributed by atoms with E-state index >= 15 is 0 Å². The number of para-hydroxylation sites is 1. The normalized spacial score (nSPS) is 18.6. The second-order valence-electron chi connectivity index (χ2n) is 8.24. The largest absolute Gasteiger partial charge is 0.352 e. The third-order valence-corrected chi connectivity index (χ3v) is 7.16. The molecule has 8 heteroatoms. The second-order valence-corrected chi connectivity index (χ2v) is 9.64. The van der Waals surface area contributed by atoms with E-state index in [4.69, 9.17) is 17.2 Å².